The molecule has 6 nitrogen and oxygen atoms in total. The van der Waals surface area contributed by atoms with Crippen LogP contribution in [-0.2, 0) is 28.6 Å². The summed E-state index contributed by atoms with van der Waals surface area (Å²) >= 11 is 0. The van der Waals surface area contributed by atoms with Crippen LogP contribution in [0.3, 0.4) is 0 Å². The van der Waals surface area contributed by atoms with Gasteiger partial charge in [-0.1, -0.05) is 274 Å². The molecule has 1 unspecified atom stereocenters. The average molecular weight is 952 g/mol. The first-order valence-electron chi connectivity index (χ1n) is 29.3. The van der Waals surface area contributed by atoms with E-state index in [1.54, 1.807) is 0 Å². The van der Waals surface area contributed by atoms with Crippen LogP contribution in [0.15, 0.2) is 60.8 Å². The molecule has 0 amide bonds. The second kappa shape index (κ2) is 56.7. The van der Waals surface area contributed by atoms with E-state index in [4.69, 9.17) is 14.2 Å². The molecule has 0 saturated heterocycles. The zero-order chi connectivity index (χ0) is 49.3. The van der Waals surface area contributed by atoms with Crippen molar-refractivity contribution in [1.82, 2.24) is 0 Å². The molecule has 0 bridgehead atoms. The fraction of sp³-hybridized carbons (Fsp3) is 0.790. The van der Waals surface area contributed by atoms with Crippen molar-refractivity contribution >= 4 is 17.9 Å². The van der Waals surface area contributed by atoms with Crippen molar-refractivity contribution in [2.45, 2.75) is 303 Å². The molecule has 68 heavy (non-hydrogen) atoms. The molecule has 394 valence electrons. The van der Waals surface area contributed by atoms with Crippen LogP contribution < -0.4 is 0 Å². The summed E-state index contributed by atoms with van der Waals surface area (Å²) in [7, 11) is 0. The lowest BCUT2D eigenvalue weighted by atomic mass is 10.0. The molecule has 0 aromatic heterocycles. The molecule has 0 aromatic rings. The lowest BCUT2D eigenvalue weighted by molar-refractivity contribution is -0.167. The Balaban J connectivity index is 4.34. The Bertz CT molecular complexity index is 1230. The van der Waals surface area contributed by atoms with E-state index in [1.165, 1.54) is 173 Å². The van der Waals surface area contributed by atoms with Crippen LogP contribution in [0, 0.1) is 0 Å². The number of hydrogen-bond donors (Lipinski definition) is 0. The molecule has 1 atom stereocenters. The molecule has 0 aliphatic rings. The fourth-order valence-corrected chi connectivity index (χ4v) is 8.44. The number of carbonyl (C=O) groups excluding carboxylic acids is 3. The minimum atomic E-state index is -0.782. The van der Waals surface area contributed by atoms with E-state index in [1.807, 2.05) is 0 Å². The second-order valence-corrected chi connectivity index (χ2v) is 19.6. The number of esters is 3. The van der Waals surface area contributed by atoms with Crippen LogP contribution >= 0.6 is 0 Å². The highest BCUT2D eigenvalue weighted by Gasteiger charge is 2.19. The Morgan fingerprint density at radius 1 is 0.309 bits per heavy atom. The third-order valence-electron chi connectivity index (χ3n) is 12.8. The lowest BCUT2D eigenvalue weighted by Crippen LogP contribution is -2.30. The maximum atomic E-state index is 12.9. The molecule has 0 aliphatic carbocycles. The number of unbranched alkanes of at least 4 members (excludes halogenated alkanes) is 35. The van der Waals surface area contributed by atoms with Gasteiger partial charge in [-0.3, -0.25) is 14.4 Å². The fourth-order valence-electron chi connectivity index (χ4n) is 8.44. The first-order valence-corrected chi connectivity index (χ1v) is 29.3. The number of hydrogen-bond acceptors (Lipinski definition) is 6. The molecule has 0 aromatic carbocycles. The Morgan fingerprint density at radius 2 is 0.574 bits per heavy atom. The summed E-state index contributed by atoms with van der Waals surface area (Å²) in [4.78, 5) is 38.2. The van der Waals surface area contributed by atoms with Crippen molar-refractivity contribution in [3.63, 3.8) is 0 Å². The molecule has 0 rings (SSSR count). The van der Waals surface area contributed by atoms with E-state index >= 15 is 0 Å². The molecule has 0 fully saturated rings. The maximum Gasteiger partial charge on any atom is 0.306 e. The smallest absolute Gasteiger partial charge is 0.306 e. The van der Waals surface area contributed by atoms with Gasteiger partial charge in [-0.25, -0.2) is 0 Å². The predicted molar refractivity (Wildman–Crippen MR) is 293 cm³/mol. The summed E-state index contributed by atoms with van der Waals surface area (Å²) in [5, 5.41) is 0. The van der Waals surface area contributed by atoms with Gasteiger partial charge in [0, 0.05) is 19.3 Å². The number of carbonyl (C=O) groups is 3. The summed E-state index contributed by atoms with van der Waals surface area (Å²) in [5.74, 6) is -0.890. The minimum Gasteiger partial charge on any atom is -0.462 e. The average Bonchev–Trinajstić information content (AvgIpc) is 3.34. The predicted octanol–water partition coefficient (Wildman–Crippen LogP) is 19.6. The highest BCUT2D eigenvalue weighted by atomic mass is 16.6. The van der Waals surface area contributed by atoms with Crippen molar-refractivity contribution in [3.05, 3.63) is 60.8 Å². The van der Waals surface area contributed by atoms with Gasteiger partial charge in [0.15, 0.2) is 6.10 Å². The monoisotopic (exact) mass is 951 g/mol. The Hall–Kier alpha value is -2.89. The number of ether oxygens (including phenoxy) is 3. The van der Waals surface area contributed by atoms with Crippen molar-refractivity contribution in [2.75, 3.05) is 13.2 Å². The molecule has 0 radical (unpaired) electrons. The third kappa shape index (κ3) is 54.1. The summed E-state index contributed by atoms with van der Waals surface area (Å²) in [6.45, 7) is 6.50. The first kappa shape index (κ1) is 65.1. The highest BCUT2D eigenvalue weighted by Crippen LogP contribution is 2.17. The largest absolute Gasteiger partial charge is 0.462 e. The van der Waals surface area contributed by atoms with Gasteiger partial charge in [0.25, 0.3) is 0 Å². The molecular weight excluding hydrogens is 841 g/mol. The van der Waals surface area contributed by atoms with Crippen molar-refractivity contribution in [1.29, 1.82) is 0 Å². The topological polar surface area (TPSA) is 78.9 Å². The number of allylic oxidation sites excluding steroid dienone is 10. The zero-order valence-corrected chi connectivity index (χ0v) is 45.1. The van der Waals surface area contributed by atoms with E-state index in [2.05, 4.69) is 81.5 Å². The Morgan fingerprint density at radius 3 is 0.926 bits per heavy atom. The van der Waals surface area contributed by atoms with E-state index in [9.17, 15) is 14.4 Å². The SMILES string of the molecule is CC/C=C/C=C/C=C/CCCCCCCC(=O)OCC(COC(=O)CCCCCCCCCCCC/C=C/C=C/CCCCC)OC(=O)CCCCCCCCCCCCCCCCCCCC. The summed E-state index contributed by atoms with van der Waals surface area (Å²) in [6, 6.07) is 0. The Kier molecular flexibility index (Phi) is 54.3. The summed E-state index contributed by atoms with van der Waals surface area (Å²) in [6.07, 6.45) is 70.7. The summed E-state index contributed by atoms with van der Waals surface area (Å²) < 4.78 is 16.9. The van der Waals surface area contributed by atoms with Gasteiger partial charge >= 0.3 is 17.9 Å². The van der Waals surface area contributed by atoms with E-state index < -0.39 is 6.10 Å². The second-order valence-electron chi connectivity index (χ2n) is 19.6. The quantitative estimate of drug-likeness (QED) is 0.0262. The third-order valence-corrected chi connectivity index (χ3v) is 12.8. The van der Waals surface area contributed by atoms with Crippen LogP contribution in [0.25, 0.3) is 0 Å². The van der Waals surface area contributed by atoms with Crippen LogP contribution in [0.1, 0.15) is 297 Å². The number of rotatable bonds is 53. The minimum absolute atomic E-state index is 0.0802. The van der Waals surface area contributed by atoms with E-state index in [0.717, 1.165) is 83.5 Å². The highest BCUT2D eigenvalue weighted by molar-refractivity contribution is 5.71. The molecule has 0 spiro atoms. The molecule has 6 heteroatoms. The van der Waals surface area contributed by atoms with Crippen molar-refractivity contribution in [3.8, 4) is 0 Å². The molecule has 0 N–H and O–H groups in total. The maximum absolute atomic E-state index is 12.9. The first-order chi connectivity index (χ1) is 33.5. The van der Waals surface area contributed by atoms with E-state index in [-0.39, 0.29) is 31.1 Å². The van der Waals surface area contributed by atoms with Crippen LogP contribution in [-0.4, -0.2) is 37.2 Å². The van der Waals surface area contributed by atoms with Crippen LogP contribution in [0.4, 0.5) is 0 Å². The van der Waals surface area contributed by atoms with Gasteiger partial charge in [-0.15, -0.1) is 0 Å². The zero-order valence-electron chi connectivity index (χ0n) is 45.1. The molecule has 0 aliphatic heterocycles. The van der Waals surface area contributed by atoms with Gasteiger partial charge in [-0.05, 0) is 64.2 Å². The van der Waals surface area contributed by atoms with Gasteiger partial charge in [0.05, 0.1) is 0 Å². The van der Waals surface area contributed by atoms with Gasteiger partial charge in [0.1, 0.15) is 13.2 Å². The molecule has 0 heterocycles. The molecule has 0 saturated carbocycles. The standard InChI is InChI=1S/C62H110O6/c1-4-7-10-13-16-19-22-25-27-29-31-33-34-37-40-43-46-49-52-55-61(64)67-58-59(57-66-60(63)54-51-48-45-42-39-36-24-21-18-15-12-9-6-3)68-62(65)56-53-50-47-44-41-38-35-32-30-28-26-23-20-17-14-11-8-5-2/h9,12,15-16,18-19,21-22,24-25,59H,4-8,10-11,13-14,17,20,23,26-58H2,1-3H3/b12-9+,18-15+,19-16+,24-21+,25-22+. The summed E-state index contributed by atoms with van der Waals surface area (Å²) in [5.41, 5.74) is 0. The Labute approximate surface area is 421 Å². The van der Waals surface area contributed by atoms with Crippen molar-refractivity contribution in [2.24, 2.45) is 0 Å². The van der Waals surface area contributed by atoms with Gasteiger partial charge in [0.2, 0.25) is 0 Å². The van der Waals surface area contributed by atoms with Gasteiger partial charge in [-0.2, -0.15) is 0 Å². The normalized spacial score (nSPS) is 12.5. The van der Waals surface area contributed by atoms with Gasteiger partial charge < -0.3 is 14.2 Å². The lowest BCUT2D eigenvalue weighted by Gasteiger charge is -2.18. The van der Waals surface area contributed by atoms with Crippen LogP contribution in [0.2, 0.25) is 0 Å². The van der Waals surface area contributed by atoms with E-state index in [0.29, 0.717) is 19.3 Å². The van der Waals surface area contributed by atoms with Crippen molar-refractivity contribution < 1.29 is 28.6 Å². The van der Waals surface area contributed by atoms with Crippen LogP contribution in [0.5, 0.6) is 0 Å². The molecular formula is C62H110O6.